The van der Waals surface area contributed by atoms with E-state index in [1.807, 2.05) is 19.9 Å². The van der Waals surface area contributed by atoms with E-state index in [4.69, 9.17) is 0 Å². The van der Waals surface area contributed by atoms with Crippen molar-refractivity contribution in [2.45, 2.75) is 29.6 Å². The Morgan fingerprint density at radius 2 is 1.38 bits per heavy atom. The zero-order chi connectivity index (χ0) is 18.0. The van der Waals surface area contributed by atoms with Crippen LogP contribution in [0.25, 0.3) is 0 Å². The van der Waals surface area contributed by atoms with Crippen LogP contribution in [0, 0.1) is 0 Å². The lowest BCUT2D eigenvalue weighted by Crippen LogP contribution is -2.19. The van der Waals surface area contributed by atoms with Crippen LogP contribution in [0.3, 0.4) is 0 Å². The lowest BCUT2D eigenvalue weighted by molar-refractivity contribution is 0.587. The number of nitrogens with one attached hydrogen (secondary N) is 2. The zero-order valence-corrected chi connectivity index (χ0v) is 15.3. The molecule has 0 fully saturated rings. The molecule has 0 saturated heterocycles. The Kier molecular flexibility index (Phi) is 5.32. The van der Waals surface area contributed by atoms with Gasteiger partial charge in [-0.15, -0.1) is 0 Å². The highest BCUT2D eigenvalue weighted by Crippen LogP contribution is 2.22. The third kappa shape index (κ3) is 4.14. The van der Waals surface area contributed by atoms with Crippen molar-refractivity contribution in [1.29, 1.82) is 0 Å². The number of hydrogen-bond acceptors (Lipinski definition) is 4. The van der Waals surface area contributed by atoms with Crippen LogP contribution < -0.4 is 9.44 Å². The van der Waals surface area contributed by atoms with Gasteiger partial charge in [-0.25, -0.2) is 21.6 Å². The molecule has 0 aliphatic heterocycles. The fraction of sp³-hybridized carbons (Fsp3) is 0.250. The molecular formula is C16H20N2O4S2. The molecule has 0 saturated carbocycles. The van der Waals surface area contributed by atoms with Crippen LogP contribution in [0.1, 0.15) is 25.3 Å². The van der Waals surface area contributed by atoms with Gasteiger partial charge in [0.2, 0.25) is 10.0 Å². The maximum Gasteiger partial charge on any atom is 0.261 e. The molecule has 6 nitrogen and oxygen atoms in total. The van der Waals surface area contributed by atoms with Crippen molar-refractivity contribution in [2.75, 3.05) is 11.8 Å². The van der Waals surface area contributed by atoms with Gasteiger partial charge in [0.15, 0.2) is 0 Å². The largest absolute Gasteiger partial charge is 0.280 e. The molecule has 0 atom stereocenters. The first-order valence-electron chi connectivity index (χ1n) is 7.32. The van der Waals surface area contributed by atoms with Crippen LogP contribution in [0.4, 0.5) is 5.69 Å². The molecule has 24 heavy (non-hydrogen) atoms. The van der Waals surface area contributed by atoms with Gasteiger partial charge in [-0.1, -0.05) is 26.0 Å². The monoisotopic (exact) mass is 368 g/mol. The fourth-order valence-electron chi connectivity index (χ4n) is 2.09. The van der Waals surface area contributed by atoms with Crippen molar-refractivity contribution >= 4 is 25.7 Å². The van der Waals surface area contributed by atoms with Crippen molar-refractivity contribution in [3.63, 3.8) is 0 Å². The van der Waals surface area contributed by atoms with E-state index in [0.29, 0.717) is 5.69 Å². The van der Waals surface area contributed by atoms with E-state index >= 15 is 0 Å². The Balaban J connectivity index is 2.29. The average molecular weight is 368 g/mol. The molecule has 0 aliphatic carbocycles. The molecule has 0 spiro atoms. The standard InChI is InChI=1S/C16H20N2O4S2/c1-12(2)13-5-4-6-14(11-13)18-24(21,22)16-9-7-15(8-10-16)23(19,20)17-3/h4-12,17-18H,1-3H3. The van der Waals surface area contributed by atoms with E-state index in [-0.39, 0.29) is 15.7 Å². The quantitative estimate of drug-likeness (QED) is 0.819. The molecule has 2 rings (SSSR count). The second-order valence-corrected chi connectivity index (χ2v) is 9.13. The van der Waals surface area contributed by atoms with Crippen molar-refractivity contribution in [2.24, 2.45) is 0 Å². The van der Waals surface area contributed by atoms with E-state index in [0.717, 1.165) is 5.56 Å². The van der Waals surface area contributed by atoms with Crippen LogP contribution in [0.5, 0.6) is 0 Å². The average Bonchev–Trinajstić information content (AvgIpc) is 2.54. The molecule has 2 aromatic rings. The van der Waals surface area contributed by atoms with Crippen LogP contribution in [-0.2, 0) is 20.0 Å². The lowest BCUT2D eigenvalue weighted by Gasteiger charge is -2.11. The van der Waals surface area contributed by atoms with Crippen LogP contribution in [0.15, 0.2) is 58.3 Å². The maximum atomic E-state index is 12.4. The summed E-state index contributed by atoms with van der Waals surface area (Å²) in [4.78, 5) is -0.00161. The van der Waals surface area contributed by atoms with Gasteiger partial charge in [0.05, 0.1) is 9.79 Å². The minimum absolute atomic E-state index is 0.00533. The van der Waals surface area contributed by atoms with Crippen molar-refractivity contribution < 1.29 is 16.8 Å². The Labute approximate surface area is 143 Å². The van der Waals surface area contributed by atoms with E-state index < -0.39 is 20.0 Å². The summed E-state index contributed by atoms with van der Waals surface area (Å²) < 4.78 is 52.9. The summed E-state index contributed by atoms with van der Waals surface area (Å²) in [6.07, 6.45) is 0. The summed E-state index contributed by atoms with van der Waals surface area (Å²) in [6, 6.07) is 12.2. The molecule has 2 aromatic carbocycles. The topological polar surface area (TPSA) is 92.3 Å². The van der Waals surface area contributed by atoms with Crippen LogP contribution in [0.2, 0.25) is 0 Å². The number of rotatable bonds is 6. The van der Waals surface area contributed by atoms with Gasteiger partial charge in [0.1, 0.15) is 0 Å². The third-order valence-electron chi connectivity index (χ3n) is 3.52. The smallest absolute Gasteiger partial charge is 0.261 e. The maximum absolute atomic E-state index is 12.4. The Hall–Kier alpha value is -1.90. The predicted molar refractivity (Wildman–Crippen MR) is 94.0 cm³/mol. The SMILES string of the molecule is CNS(=O)(=O)c1ccc(S(=O)(=O)Nc2cccc(C(C)C)c2)cc1. The van der Waals surface area contributed by atoms with Crippen LogP contribution >= 0.6 is 0 Å². The van der Waals surface area contributed by atoms with Gasteiger partial charge < -0.3 is 0 Å². The minimum atomic E-state index is -3.79. The molecule has 130 valence electrons. The second-order valence-electron chi connectivity index (χ2n) is 5.56. The summed E-state index contributed by atoms with van der Waals surface area (Å²) in [5.41, 5.74) is 1.48. The second kappa shape index (κ2) is 6.92. The fourth-order valence-corrected chi connectivity index (χ4v) is 3.87. The molecule has 8 heteroatoms. The van der Waals surface area contributed by atoms with E-state index in [2.05, 4.69) is 9.44 Å². The molecule has 0 heterocycles. The van der Waals surface area contributed by atoms with Gasteiger partial charge in [-0.2, -0.15) is 0 Å². The molecule has 0 aliphatic rings. The Bertz CT molecular complexity index is 919. The van der Waals surface area contributed by atoms with Crippen molar-refractivity contribution in [3.05, 3.63) is 54.1 Å². The number of anilines is 1. The highest BCUT2D eigenvalue weighted by Gasteiger charge is 2.17. The molecule has 2 N–H and O–H groups in total. The van der Waals surface area contributed by atoms with Gasteiger partial charge in [-0.05, 0) is 54.9 Å². The van der Waals surface area contributed by atoms with Crippen molar-refractivity contribution in [3.8, 4) is 0 Å². The van der Waals surface area contributed by atoms with Gasteiger partial charge in [0.25, 0.3) is 10.0 Å². The molecule has 0 amide bonds. The summed E-state index contributed by atoms with van der Waals surface area (Å²) in [5, 5.41) is 0. The molecule has 0 radical (unpaired) electrons. The van der Waals surface area contributed by atoms with E-state index in [9.17, 15) is 16.8 Å². The number of hydrogen-bond donors (Lipinski definition) is 2. The molecule has 0 aromatic heterocycles. The minimum Gasteiger partial charge on any atom is -0.280 e. The van der Waals surface area contributed by atoms with Gasteiger partial charge >= 0.3 is 0 Å². The summed E-state index contributed by atoms with van der Waals surface area (Å²) >= 11 is 0. The molecular weight excluding hydrogens is 348 g/mol. The van der Waals surface area contributed by atoms with Crippen LogP contribution in [-0.4, -0.2) is 23.9 Å². The summed E-state index contributed by atoms with van der Waals surface area (Å²) in [5.74, 6) is 0.278. The highest BCUT2D eigenvalue weighted by molar-refractivity contribution is 7.92. The number of benzene rings is 2. The molecule has 0 unspecified atom stereocenters. The Morgan fingerprint density at radius 3 is 1.88 bits per heavy atom. The van der Waals surface area contributed by atoms with Gasteiger partial charge in [-0.3, -0.25) is 4.72 Å². The first-order valence-corrected chi connectivity index (χ1v) is 10.3. The highest BCUT2D eigenvalue weighted by atomic mass is 32.2. The van der Waals surface area contributed by atoms with Crippen molar-refractivity contribution in [1.82, 2.24) is 4.72 Å². The summed E-state index contributed by atoms with van der Waals surface area (Å²) in [6.45, 7) is 4.04. The van der Waals surface area contributed by atoms with E-state index in [1.165, 1.54) is 31.3 Å². The predicted octanol–water partition coefficient (Wildman–Crippen LogP) is 2.52. The lowest BCUT2D eigenvalue weighted by atomic mass is 10.0. The first-order chi connectivity index (χ1) is 11.2. The number of sulfonamides is 2. The first kappa shape index (κ1) is 18.4. The Morgan fingerprint density at radius 1 is 0.833 bits per heavy atom. The van der Waals surface area contributed by atoms with E-state index in [1.54, 1.807) is 18.2 Å². The molecule has 0 bridgehead atoms. The normalized spacial score (nSPS) is 12.3. The van der Waals surface area contributed by atoms with Gasteiger partial charge in [0, 0.05) is 5.69 Å². The third-order valence-corrected chi connectivity index (χ3v) is 6.35. The summed E-state index contributed by atoms with van der Waals surface area (Å²) in [7, 11) is -6.09. The zero-order valence-electron chi connectivity index (χ0n) is 13.6.